The number of carbonyl (C=O) groups is 2. The molecule has 0 rings (SSSR count). The fraction of sp³-hybridized carbons (Fsp3) is 0.778. The van der Waals surface area contributed by atoms with Crippen LogP contribution in [-0.2, 0) is 9.59 Å². The monoisotopic (exact) mass is 217 g/mol. The van der Waals surface area contributed by atoms with Crippen molar-refractivity contribution in [1.29, 1.82) is 0 Å². The molecule has 0 heterocycles. The zero-order valence-electron chi connectivity index (χ0n) is 9.33. The predicted octanol–water partition coefficient (Wildman–Crippen LogP) is -1.66. The maximum atomic E-state index is 11.3. The molecule has 15 heavy (non-hydrogen) atoms. The Hall–Kier alpha value is -1.14. The van der Waals surface area contributed by atoms with Gasteiger partial charge in [-0.2, -0.15) is 0 Å². The van der Waals surface area contributed by atoms with Crippen molar-refractivity contribution in [3.8, 4) is 0 Å². The van der Waals surface area contributed by atoms with Crippen molar-refractivity contribution in [1.82, 2.24) is 10.6 Å². The molecule has 0 radical (unpaired) electrons. The number of hydrogen-bond donors (Lipinski definition) is 4. The van der Waals surface area contributed by atoms with Crippen molar-refractivity contribution in [3.63, 3.8) is 0 Å². The second-order valence-corrected chi connectivity index (χ2v) is 3.93. The van der Waals surface area contributed by atoms with Crippen LogP contribution in [0.4, 0.5) is 0 Å². The van der Waals surface area contributed by atoms with Crippen molar-refractivity contribution in [2.45, 2.75) is 32.4 Å². The largest absolute Gasteiger partial charge is 0.391 e. The minimum absolute atomic E-state index is 0.133. The van der Waals surface area contributed by atoms with Crippen LogP contribution in [0, 0.1) is 0 Å². The number of amides is 2. The fourth-order valence-electron chi connectivity index (χ4n) is 0.759. The van der Waals surface area contributed by atoms with Gasteiger partial charge in [0.05, 0.1) is 24.7 Å². The van der Waals surface area contributed by atoms with Crippen molar-refractivity contribution >= 4 is 11.8 Å². The molecule has 6 nitrogen and oxygen atoms in total. The predicted molar refractivity (Wildman–Crippen MR) is 56.0 cm³/mol. The molecular formula is C9H19N3O3. The molecule has 2 amide bonds. The number of nitrogens with two attached hydrogens (primary N) is 1. The van der Waals surface area contributed by atoms with Crippen molar-refractivity contribution in [3.05, 3.63) is 0 Å². The molecule has 0 spiro atoms. The molecule has 0 saturated heterocycles. The smallest absolute Gasteiger partial charge is 0.239 e. The minimum atomic E-state index is -0.718. The number of nitrogens with one attached hydrogen (secondary N) is 2. The van der Waals surface area contributed by atoms with Gasteiger partial charge in [-0.05, 0) is 20.8 Å². The van der Waals surface area contributed by atoms with Crippen LogP contribution in [0.15, 0.2) is 0 Å². The van der Waals surface area contributed by atoms with E-state index in [4.69, 9.17) is 5.73 Å². The lowest BCUT2D eigenvalue weighted by atomic mass is 9.99. The van der Waals surface area contributed by atoms with Gasteiger partial charge >= 0.3 is 0 Å². The fourth-order valence-corrected chi connectivity index (χ4v) is 0.759. The number of rotatable bonds is 5. The number of carbonyl (C=O) groups excluding carboxylic acids is 2. The maximum absolute atomic E-state index is 11.3. The van der Waals surface area contributed by atoms with E-state index in [0.29, 0.717) is 0 Å². The molecule has 0 aromatic heterocycles. The van der Waals surface area contributed by atoms with E-state index in [1.54, 1.807) is 20.8 Å². The van der Waals surface area contributed by atoms with Gasteiger partial charge in [0.15, 0.2) is 0 Å². The highest BCUT2D eigenvalue weighted by Crippen LogP contribution is 2.07. The van der Waals surface area contributed by atoms with Crippen molar-refractivity contribution in [2.75, 3.05) is 13.1 Å². The van der Waals surface area contributed by atoms with E-state index in [0.717, 1.165) is 0 Å². The molecule has 0 aliphatic heterocycles. The van der Waals surface area contributed by atoms with Crippen molar-refractivity contribution < 1.29 is 14.7 Å². The number of aliphatic hydroxyl groups excluding tert-OH is 1. The molecule has 0 aliphatic carbocycles. The normalized spacial score (nSPS) is 13.1. The number of aliphatic hydroxyl groups is 1. The van der Waals surface area contributed by atoms with E-state index in [-0.39, 0.29) is 24.9 Å². The molecule has 6 heteroatoms. The standard InChI is InChI=1S/C9H19N3O3/c1-6(13)9(2,3)12-8(15)5-11-7(14)4-10/h6,13H,4-5,10H2,1-3H3,(H,11,14)(H,12,15). The summed E-state index contributed by atoms with van der Waals surface area (Å²) in [7, 11) is 0. The van der Waals surface area contributed by atoms with Crippen LogP contribution in [0.5, 0.6) is 0 Å². The molecule has 1 atom stereocenters. The van der Waals surface area contributed by atoms with E-state index in [2.05, 4.69) is 10.6 Å². The van der Waals surface area contributed by atoms with Gasteiger partial charge in [-0.25, -0.2) is 0 Å². The van der Waals surface area contributed by atoms with Gasteiger partial charge in [0, 0.05) is 0 Å². The summed E-state index contributed by atoms with van der Waals surface area (Å²) in [5.74, 6) is -0.747. The van der Waals surface area contributed by atoms with Crippen LogP contribution < -0.4 is 16.4 Å². The lowest BCUT2D eigenvalue weighted by molar-refractivity contribution is -0.127. The Morgan fingerprint density at radius 1 is 1.40 bits per heavy atom. The van der Waals surface area contributed by atoms with Gasteiger partial charge in [0.1, 0.15) is 0 Å². The molecule has 0 aromatic rings. The molecular weight excluding hydrogens is 198 g/mol. The Kier molecular flexibility index (Phi) is 5.24. The third-order valence-electron chi connectivity index (χ3n) is 2.14. The van der Waals surface area contributed by atoms with E-state index < -0.39 is 11.6 Å². The van der Waals surface area contributed by atoms with E-state index >= 15 is 0 Å². The Bertz CT molecular complexity index is 239. The average molecular weight is 217 g/mol. The summed E-state index contributed by atoms with van der Waals surface area (Å²) >= 11 is 0. The van der Waals surface area contributed by atoms with Crippen LogP contribution in [0.2, 0.25) is 0 Å². The molecule has 0 aliphatic rings. The van der Waals surface area contributed by atoms with Gasteiger partial charge in [-0.1, -0.05) is 0 Å². The van der Waals surface area contributed by atoms with E-state index in [1.807, 2.05) is 0 Å². The molecule has 0 saturated carbocycles. The van der Waals surface area contributed by atoms with Gasteiger partial charge < -0.3 is 21.5 Å². The first kappa shape index (κ1) is 13.9. The quantitative estimate of drug-likeness (QED) is 0.442. The summed E-state index contributed by atoms with van der Waals surface area (Å²) in [6, 6.07) is 0. The summed E-state index contributed by atoms with van der Waals surface area (Å²) < 4.78 is 0. The number of hydrogen-bond acceptors (Lipinski definition) is 4. The molecule has 0 bridgehead atoms. The summed E-state index contributed by atoms with van der Waals surface area (Å²) in [5.41, 5.74) is 4.33. The van der Waals surface area contributed by atoms with Gasteiger partial charge in [-0.3, -0.25) is 9.59 Å². The van der Waals surface area contributed by atoms with Gasteiger partial charge in [0.2, 0.25) is 11.8 Å². The van der Waals surface area contributed by atoms with Crippen LogP contribution in [0.1, 0.15) is 20.8 Å². The van der Waals surface area contributed by atoms with Crippen LogP contribution in [0.3, 0.4) is 0 Å². The SMILES string of the molecule is CC(O)C(C)(C)NC(=O)CNC(=O)CN. The average Bonchev–Trinajstić information content (AvgIpc) is 2.13. The van der Waals surface area contributed by atoms with E-state index in [9.17, 15) is 14.7 Å². The molecule has 5 N–H and O–H groups in total. The second-order valence-electron chi connectivity index (χ2n) is 3.93. The Labute approximate surface area is 89.2 Å². The van der Waals surface area contributed by atoms with Crippen LogP contribution >= 0.6 is 0 Å². The molecule has 0 fully saturated rings. The lowest BCUT2D eigenvalue weighted by Gasteiger charge is -2.29. The highest BCUT2D eigenvalue weighted by atomic mass is 16.3. The molecule has 88 valence electrons. The zero-order chi connectivity index (χ0) is 12.1. The zero-order valence-corrected chi connectivity index (χ0v) is 9.33. The summed E-state index contributed by atoms with van der Waals surface area (Å²) in [6.07, 6.45) is -0.674. The minimum Gasteiger partial charge on any atom is -0.391 e. The Balaban J connectivity index is 3.99. The first-order valence-electron chi connectivity index (χ1n) is 4.75. The maximum Gasteiger partial charge on any atom is 0.239 e. The van der Waals surface area contributed by atoms with Crippen molar-refractivity contribution in [2.24, 2.45) is 5.73 Å². The molecule has 1 unspecified atom stereocenters. The van der Waals surface area contributed by atoms with Crippen LogP contribution in [-0.4, -0.2) is 41.7 Å². The first-order valence-corrected chi connectivity index (χ1v) is 4.75. The Morgan fingerprint density at radius 2 is 1.93 bits per heavy atom. The third-order valence-corrected chi connectivity index (χ3v) is 2.14. The highest BCUT2D eigenvalue weighted by molar-refractivity contribution is 5.85. The summed E-state index contributed by atoms with van der Waals surface area (Å²) in [5, 5.41) is 14.3. The molecule has 0 aromatic carbocycles. The third kappa shape index (κ3) is 5.34. The van der Waals surface area contributed by atoms with Crippen LogP contribution in [0.25, 0.3) is 0 Å². The van der Waals surface area contributed by atoms with Gasteiger partial charge in [0.25, 0.3) is 0 Å². The summed E-state index contributed by atoms with van der Waals surface area (Å²) in [4.78, 5) is 22.1. The summed E-state index contributed by atoms with van der Waals surface area (Å²) in [6.45, 7) is 4.69. The lowest BCUT2D eigenvalue weighted by Crippen LogP contribution is -2.53. The first-order chi connectivity index (χ1) is 6.79. The van der Waals surface area contributed by atoms with Gasteiger partial charge in [-0.15, -0.1) is 0 Å². The highest BCUT2D eigenvalue weighted by Gasteiger charge is 2.25. The van der Waals surface area contributed by atoms with E-state index in [1.165, 1.54) is 0 Å². The second kappa shape index (κ2) is 5.67. The topological polar surface area (TPSA) is 104 Å². The Morgan fingerprint density at radius 3 is 2.33 bits per heavy atom.